The van der Waals surface area contributed by atoms with Gasteiger partial charge in [-0.15, -0.1) is 11.7 Å². The Balaban J connectivity index is 3.15. The fourth-order valence-electron chi connectivity index (χ4n) is 1.74. The summed E-state index contributed by atoms with van der Waals surface area (Å²) in [5.41, 5.74) is 1.40. The van der Waals surface area contributed by atoms with Gasteiger partial charge in [-0.05, 0) is 12.8 Å². The van der Waals surface area contributed by atoms with E-state index >= 15 is 0 Å². The van der Waals surface area contributed by atoms with Crippen LogP contribution in [0.1, 0.15) is 44.0 Å². The van der Waals surface area contributed by atoms with Crippen molar-refractivity contribution in [2.24, 2.45) is 0 Å². The lowest BCUT2D eigenvalue weighted by Gasteiger charge is -2.13. The summed E-state index contributed by atoms with van der Waals surface area (Å²) in [7, 11) is 0. The van der Waals surface area contributed by atoms with Gasteiger partial charge in [0.1, 0.15) is 6.07 Å². The summed E-state index contributed by atoms with van der Waals surface area (Å²) in [4.78, 5) is 0. The quantitative estimate of drug-likeness (QED) is 0.691. The zero-order chi connectivity index (χ0) is 11.3. The Morgan fingerprint density at radius 3 is 2.67 bits per heavy atom. The molecule has 0 N–H and O–H groups in total. The number of rotatable bonds is 5. The van der Waals surface area contributed by atoms with Crippen molar-refractivity contribution in [3.05, 3.63) is 24.0 Å². The van der Waals surface area contributed by atoms with E-state index in [-0.39, 0.29) is 0 Å². The van der Waals surface area contributed by atoms with Gasteiger partial charge in [-0.2, -0.15) is 5.26 Å². The molecule has 0 bridgehead atoms. The standard InChI is InChI=1S/C11H16N4/c1-4-7-15-11(9(5-2)6-3)10(8-12)13-14-15/h4,9H,1,5-7H2,2-3H3. The van der Waals surface area contributed by atoms with E-state index in [1.54, 1.807) is 10.8 Å². The molecule has 4 nitrogen and oxygen atoms in total. The van der Waals surface area contributed by atoms with Crippen LogP contribution in [0, 0.1) is 11.3 Å². The van der Waals surface area contributed by atoms with Crippen molar-refractivity contribution >= 4 is 0 Å². The van der Waals surface area contributed by atoms with Crippen molar-refractivity contribution < 1.29 is 0 Å². The molecule has 0 amide bonds. The molecule has 0 aliphatic carbocycles. The Morgan fingerprint density at radius 1 is 1.53 bits per heavy atom. The van der Waals surface area contributed by atoms with Crippen LogP contribution in [0.5, 0.6) is 0 Å². The van der Waals surface area contributed by atoms with Crippen molar-refractivity contribution in [1.29, 1.82) is 5.26 Å². The second-order valence-corrected chi connectivity index (χ2v) is 3.42. The van der Waals surface area contributed by atoms with E-state index in [9.17, 15) is 0 Å². The van der Waals surface area contributed by atoms with Crippen LogP contribution in [0.4, 0.5) is 0 Å². The normalized spacial score (nSPS) is 10.3. The first-order valence-electron chi connectivity index (χ1n) is 5.22. The highest BCUT2D eigenvalue weighted by molar-refractivity contribution is 5.27. The number of allylic oxidation sites excluding steroid dienone is 1. The molecule has 0 aliphatic heterocycles. The maximum atomic E-state index is 8.95. The molecule has 1 aromatic heterocycles. The van der Waals surface area contributed by atoms with Crippen molar-refractivity contribution in [2.45, 2.75) is 39.2 Å². The Morgan fingerprint density at radius 2 is 2.20 bits per heavy atom. The van der Waals surface area contributed by atoms with Crippen LogP contribution in [0.25, 0.3) is 0 Å². The second kappa shape index (κ2) is 5.30. The van der Waals surface area contributed by atoms with Gasteiger partial charge in [-0.1, -0.05) is 25.1 Å². The van der Waals surface area contributed by atoms with Gasteiger partial charge in [0.25, 0.3) is 0 Å². The Bertz CT molecular complexity index is 368. The third-order valence-electron chi connectivity index (χ3n) is 2.55. The summed E-state index contributed by atoms with van der Waals surface area (Å²) < 4.78 is 1.77. The summed E-state index contributed by atoms with van der Waals surface area (Å²) in [6.07, 6.45) is 3.76. The first kappa shape index (κ1) is 11.4. The molecule has 0 saturated carbocycles. The fraction of sp³-hybridized carbons (Fsp3) is 0.545. The van der Waals surface area contributed by atoms with Crippen molar-refractivity contribution in [1.82, 2.24) is 15.0 Å². The highest BCUT2D eigenvalue weighted by Gasteiger charge is 2.19. The molecule has 0 radical (unpaired) electrons. The molecule has 4 heteroatoms. The van der Waals surface area contributed by atoms with Crippen LogP contribution in [0.2, 0.25) is 0 Å². The third-order valence-corrected chi connectivity index (χ3v) is 2.55. The summed E-state index contributed by atoms with van der Waals surface area (Å²) in [6.45, 7) is 8.51. The second-order valence-electron chi connectivity index (χ2n) is 3.42. The predicted molar refractivity (Wildman–Crippen MR) is 58.3 cm³/mol. The van der Waals surface area contributed by atoms with Gasteiger partial charge >= 0.3 is 0 Å². The van der Waals surface area contributed by atoms with Gasteiger partial charge in [0.2, 0.25) is 0 Å². The van der Waals surface area contributed by atoms with Crippen LogP contribution >= 0.6 is 0 Å². The molecule has 15 heavy (non-hydrogen) atoms. The number of hydrogen-bond acceptors (Lipinski definition) is 3. The smallest absolute Gasteiger partial charge is 0.186 e. The number of nitriles is 1. The number of hydrogen-bond donors (Lipinski definition) is 0. The first-order chi connectivity index (χ1) is 7.28. The number of aromatic nitrogens is 3. The van der Waals surface area contributed by atoms with Crippen molar-refractivity contribution in [2.75, 3.05) is 0 Å². The molecule has 1 rings (SSSR count). The molecule has 0 spiro atoms. The minimum Gasteiger partial charge on any atom is -0.244 e. The highest BCUT2D eigenvalue weighted by atomic mass is 15.4. The van der Waals surface area contributed by atoms with Gasteiger partial charge in [-0.25, -0.2) is 4.68 Å². The van der Waals surface area contributed by atoms with E-state index in [0.717, 1.165) is 18.5 Å². The third kappa shape index (κ3) is 2.24. The first-order valence-corrected chi connectivity index (χ1v) is 5.22. The lowest BCUT2D eigenvalue weighted by atomic mass is 9.98. The molecule has 1 aromatic rings. The largest absolute Gasteiger partial charge is 0.244 e. The summed E-state index contributed by atoms with van der Waals surface area (Å²) in [5, 5.41) is 16.8. The van der Waals surface area contributed by atoms with E-state index in [1.807, 2.05) is 0 Å². The van der Waals surface area contributed by atoms with Gasteiger partial charge in [0.15, 0.2) is 5.69 Å². The molecule has 0 atom stereocenters. The minimum atomic E-state index is 0.356. The summed E-state index contributed by atoms with van der Waals surface area (Å²) in [6, 6.07) is 2.09. The molecule has 0 saturated heterocycles. The molecular formula is C11H16N4. The molecule has 0 fully saturated rings. The SMILES string of the molecule is C=CCn1nnc(C#N)c1C(CC)CC. The Hall–Kier alpha value is -1.63. The Kier molecular flexibility index (Phi) is 4.04. The van der Waals surface area contributed by atoms with Crippen molar-refractivity contribution in [3.63, 3.8) is 0 Å². The monoisotopic (exact) mass is 204 g/mol. The highest BCUT2D eigenvalue weighted by Crippen LogP contribution is 2.24. The van der Waals surface area contributed by atoms with E-state index in [0.29, 0.717) is 18.2 Å². The lowest BCUT2D eigenvalue weighted by Crippen LogP contribution is -2.09. The predicted octanol–water partition coefficient (Wildman–Crippen LogP) is 2.24. The van der Waals surface area contributed by atoms with E-state index in [1.165, 1.54) is 0 Å². The molecule has 0 unspecified atom stereocenters. The minimum absolute atomic E-state index is 0.356. The molecule has 80 valence electrons. The van der Waals surface area contributed by atoms with Gasteiger partial charge in [0, 0.05) is 5.92 Å². The number of nitrogens with zero attached hydrogens (tertiary/aromatic N) is 4. The van der Waals surface area contributed by atoms with Crippen LogP contribution < -0.4 is 0 Å². The van der Waals surface area contributed by atoms with Gasteiger partial charge < -0.3 is 0 Å². The zero-order valence-electron chi connectivity index (χ0n) is 9.27. The topological polar surface area (TPSA) is 54.5 Å². The zero-order valence-corrected chi connectivity index (χ0v) is 9.27. The van der Waals surface area contributed by atoms with Crippen LogP contribution in [-0.4, -0.2) is 15.0 Å². The van der Waals surface area contributed by atoms with Crippen molar-refractivity contribution in [3.8, 4) is 6.07 Å². The molecule has 0 aliphatic rings. The summed E-state index contributed by atoms with van der Waals surface area (Å²) >= 11 is 0. The van der Waals surface area contributed by atoms with E-state index < -0.39 is 0 Å². The summed E-state index contributed by atoms with van der Waals surface area (Å²) in [5.74, 6) is 0.356. The molecule has 0 aromatic carbocycles. The van der Waals surface area contributed by atoms with Crippen LogP contribution in [0.15, 0.2) is 12.7 Å². The van der Waals surface area contributed by atoms with Gasteiger partial charge in [-0.3, -0.25) is 0 Å². The maximum absolute atomic E-state index is 8.95. The maximum Gasteiger partial charge on any atom is 0.186 e. The molecular weight excluding hydrogens is 188 g/mol. The van der Waals surface area contributed by atoms with E-state index in [2.05, 4.69) is 36.8 Å². The average Bonchev–Trinajstić information content (AvgIpc) is 2.64. The average molecular weight is 204 g/mol. The Labute approximate surface area is 90.2 Å². The van der Waals surface area contributed by atoms with Gasteiger partial charge in [0.05, 0.1) is 12.2 Å². The van der Waals surface area contributed by atoms with Crippen LogP contribution in [-0.2, 0) is 6.54 Å². The lowest BCUT2D eigenvalue weighted by molar-refractivity contribution is 0.548. The van der Waals surface area contributed by atoms with E-state index in [4.69, 9.17) is 5.26 Å². The van der Waals surface area contributed by atoms with Crippen LogP contribution in [0.3, 0.4) is 0 Å². The fourth-order valence-corrected chi connectivity index (χ4v) is 1.74. The molecule has 1 heterocycles.